The van der Waals surface area contributed by atoms with Crippen molar-refractivity contribution >= 4 is 27.3 Å². The van der Waals surface area contributed by atoms with E-state index in [0.717, 1.165) is 21.6 Å². The highest BCUT2D eigenvalue weighted by Crippen LogP contribution is 2.27. The summed E-state index contributed by atoms with van der Waals surface area (Å²) < 4.78 is 28.9. The van der Waals surface area contributed by atoms with Crippen molar-refractivity contribution in [3.05, 3.63) is 58.4 Å². The molecule has 0 bridgehead atoms. The summed E-state index contributed by atoms with van der Waals surface area (Å²) in [4.78, 5) is 12.2. The fourth-order valence-electron chi connectivity index (χ4n) is 1.88. The SMILES string of the molecule is Nc1ccc(F)c(F)c1-n1sc2ccccc2c1=O. The number of anilines is 1. The smallest absolute Gasteiger partial charge is 0.273 e. The largest absolute Gasteiger partial charge is 0.397 e. The van der Waals surface area contributed by atoms with Gasteiger partial charge in [0.2, 0.25) is 0 Å². The van der Waals surface area contributed by atoms with Crippen LogP contribution in [0.3, 0.4) is 0 Å². The highest BCUT2D eigenvalue weighted by Gasteiger charge is 2.18. The summed E-state index contributed by atoms with van der Waals surface area (Å²) in [5.74, 6) is -2.15. The van der Waals surface area contributed by atoms with Gasteiger partial charge in [0, 0.05) is 0 Å². The first kappa shape index (κ1) is 11.9. The molecule has 0 spiro atoms. The van der Waals surface area contributed by atoms with Crippen molar-refractivity contribution in [1.29, 1.82) is 0 Å². The predicted molar refractivity (Wildman–Crippen MR) is 71.8 cm³/mol. The molecular weight excluding hydrogens is 270 g/mol. The van der Waals surface area contributed by atoms with Gasteiger partial charge in [0.1, 0.15) is 5.69 Å². The van der Waals surface area contributed by atoms with Gasteiger partial charge in [0.25, 0.3) is 5.56 Å². The molecule has 0 amide bonds. The number of rotatable bonds is 1. The fourth-order valence-corrected chi connectivity index (χ4v) is 2.93. The normalized spacial score (nSPS) is 11.1. The van der Waals surface area contributed by atoms with E-state index in [-0.39, 0.29) is 11.4 Å². The minimum absolute atomic E-state index is 0.0209. The molecule has 0 fully saturated rings. The van der Waals surface area contributed by atoms with Crippen LogP contribution < -0.4 is 11.3 Å². The summed E-state index contributed by atoms with van der Waals surface area (Å²) in [5, 5.41) is 0.454. The maximum absolute atomic E-state index is 13.8. The van der Waals surface area contributed by atoms with Gasteiger partial charge < -0.3 is 5.73 Å². The van der Waals surface area contributed by atoms with Crippen molar-refractivity contribution in [3.8, 4) is 5.69 Å². The monoisotopic (exact) mass is 278 g/mol. The zero-order valence-corrected chi connectivity index (χ0v) is 10.4. The lowest BCUT2D eigenvalue weighted by Gasteiger charge is -2.06. The van der Waals surface area contributed by atoms with Crippen molar-refractivity contribution in [2.24, 2.45) is 0 Å². The standard InChI is InChI=1S/C13H8F2N2OS/c14-8-5-6-9(16)12(11(8)15)17-13(18)7-3-1-2-4-10(7)19-17/h1-6H,16H2. The van der Waals surface area contributed by atoms with E-state index in [1.807, 2.05) is 0 Å². The van der Waals surface area contributed by atoms with Crippen LogP contribution in [0.4, 0.5) is 14.5 Å². The summed E-state index contributed by atoms with van der Waals surface area (Å²) in [5.41, 5.74) is 5.04. The number of nitrogen functional groups attached to an aromatic ring is 1. The van der Waals surface area contributed by atoms with Crippen LogP contribution in [-0.4, -0.2) is 3.96 Å². The fraction of sp³-hybridized carbons (Fsp3) is 0. The third kappa shape index (κ3) is 1.72. The second kappa shape index (κ2) is 4.17. The van der Waals surface area contributed by atoms with Crippen molar-refractivity contribution in [2.45, 2.75) is 0 Å². The number of benzene rings is 2. The molecule has 19 heavy (non-hydrogen) atoms. The summed E-state index contributed by atoms with van der Waals surface area (Å²) in [7, 11) is 0. The van der Waals surface area contributed by atoms with Gasteiger partial charge in [0.15, 0.2) is 11.6 Å². The zero-order valence-electron chi connectivity index (χ0n) is 9.56. The first-order valence-electron chi connectivity index (χ1n) is 5.44. The summed E-state index contributed by atoms with van der Waals surface area (Å²) in [6.07, 6.45) is 0. The molecule has 2 N–H and O–H groups in total. The second-order valence-corrected chi connectivity index (χ2v) is 4.97. The highest BCUT2D eigenvalue weighted by atomic mass is 32.1. The van der Waals surface area contributed by atoms with Crippen LogP contribution in [0, 0.1) is 11.6 Å². The molecule has 3 aromatic rings. The number of fused-ring (bicyclic) bond motifs is 1. The Labute approximate surface area is 110 Å². The van der Waals surface area contributed by atoms with Crippen LogP contribution in [0.15, 0.2) is 41.2 Å². The highest BCUT2D eigenvalue weighted by molar-refractivity contribution is 7.14. The lowest BCUT2D eigenvalue weighted by atomic mass is 10.2. The molecule has 0 atom stereocenters. The third-order valence-corrected chi connectivity index (χ3v) is 3.88. The molecule has 3 rings (SSSR count). The van der Waals surface area contributed by atoms with Crippen molar-refractivity contribution < 1.29 is 8.78 Å². The van der Waals surface area contributed by atoms with E-state index in [9.17, 15) is 13.6 Å². The molecular formula is C13H8F2N2OS. The zero-order chi connectivity index (χ0) is 13.6. The lowest BCUT2D eigenvalue weighted by molar-refractivity contribution is 0.506. The molecule has 3 nitrogen and oxygen atoms in total. The van der Waals surface area contributed by atoms with Gasteiger partial charge in [-0.05, 0) is 24.3 Å². The van der Waals surface area contributed by atoms with E-state index < -0.39 is 17.2 Å². The molecule has 0 aliphatic rings. The Hall–Kier alpha value is -2.21. The van der Waals surface area contributed by atoms with Gasteiger partial charge >= 0.3 is 0 Å². The maximum Gasteiger partial charge on any atom is 0.273 e. The minimum Gasteiger partial charge on any atom is -0.397 e. The summed E-state index contributed by atoms with van der Waals surface area (Å²) >= 11 is 1.03. The van der Waals surface area contributed by atoms with Crippen molar-refractivity contribution in [3.63, 3.8) is 0 Å². The van der Waals surface area contributed by atoms with E-state index in [2.05, 4.69) is 0 Å². The summed E-state index contributed by atoms with van der Waals surface area (Å²) in [6.45, 7) is 0. The molecule has 1 heterocycles. The number of hydrogen-bond donors (Lipinski definition) is 1. The van der Waals surface area contributed by atoms with Gasteiger partial charge in [-0.25, -0.2) is 12.7 Å². The number of nitrogens with two attached hydrogens (primary N) is 1. The Morgan fingerprint density at radius 1 is 1.11 bits per heavy atom. The van der Waals surface area contributed by atoms with Crippen LogP contribution in [0.5, 0.6) is 0 Å². The van der Waals surface area contributed by atoms with E-state index in [0.29, 0.717) is 10.1 Å². The minimum atomic E-state index is -1.12. The molecule has 0 saturated heterocycles. The van der Waals surface area contributed by atoms with Crippen molar-refractivity contribution in [1.82, 2.24) is 3.96 Å². The second-order valence-electron chi connectivity index (χ2n) is 3.99. The maximum atomic E-state index is 13.8. The molecule has 0 saturated carbocycles. The van der Waals surface area contributed by atoms with Crippen LogP contribution in [0.25, 0.3) is 15.8 Å². The van der Waals surface area contributed by atoms with Crippen LogP contribution in [0.1, 0.15) is 0 Å². The molecule has 0 radical (unpaired) electrons. The molecule has 0 aliphatic heterocycles. The Morgan fingerprint density at radius 3 is 2.58 bits per heavy atom. The Morgan fingerprint density at radius 2 is 1.84 bits per heavy atom. The van der Waals surface area contributed by atoms with Gasteiger partial charge in [0.05, 0.1) is 15.8 Å². The van der Waals surface area contributed by atoms with Gasteiger partial charge in [-0.1, -0.05) is 23.7 Å². The molecule has 96 valence electrons. The summed E-state index contributed by atoms with van der Waals surface area (Å²) in [6, 6.07) is 9.04. The van der Waals surface area contributed by atoms with E-state index >= 15 is 0 Å². The van der Waals surface area contributed by atoms with Gasteiger partial charge in [-0.2, -0.15) is 0 Å². The third-order valence-electron chi connectivity index (χ3n) is 2.79. The number of hydrogen-bond acceptors (Lipinski definition) is 3. The number of nitrogens with zero attached hydrogens (tertiary/aromatic N) is 1. The van der Waals surface area contributed by atoms with Crippen molar-refractivity contribution in [2.75, 3.05) is 5.73 Å². The first-order chi connectivity index (χ1) is 9.09. The van der Waals surface area contributed by atoms with E-state index in [4.69, 9.17) is 5.73 Å². The Balaban J connectivity index is 2.40. The van der Waals surface area contributed by atoms with E-state index in [1.54, 1.807) is 24.3 Å². The number of halogens is 2. The topological polar surface area (TPSA) is 48.0 Å². The molecule has 2 aromatic carbocycles. The van der Waals surface area contributed by atoms with E-state index in [1.165, 1.54) is 6.07 Å². The molecule has 0 aliphatic carbocycles. The first-order valence-corrected chi connectivity index (χ1v) is 6.22. The predicted octanol–water partition coefficient (Wildman–Crippen LogP) is 2.91. The average molecular weight is 278 g/mol. The number of aromatic nitrogens is 1. The Bertz CT molecular complexity index is 838. The molecule has 6 heteroatoms. The molecule has 0 unspecified atom stereocenters. The van der Waals surface area contributed by atoms with Gasteiger partial charge in [-0.15, -0.1) is 0 Å². The van der Waals surface area contributed by atoms with Crippen LogP contribution >= 0.6 is 11.5 Å². The van der Waals surface area contributed by atoms with Crippen LogP contribution in [0.2, 0.25) is 0 Å². The quantitative estimate of drug-likeness (QED) is 0.696. The van der Waals surface area contributed by atoms with Gasteiger partial charge in [-0.3, -0.25) is 4.79 Å². The Kier molecular flexibility index (Phi) is 2.60. The molecule has 1 aromatic heterocycles. The lowest BCUT2D eigenvalue weighted by Crippen LogP contribution is -2.14. The average Bonchev–Trinajstić information content (AvgIpc) is 2.73. The van der Waals surface area contributed by atoms with Crippen LogP contribution in [-0.2, 0) is 0 Å².